The minimum Gasteiger partial charge on any atom is -0.396 e. The molecule has 4 N–H and O–H groups in total. The van der Waals surface area contributed by atoms with E-state index < -0.39 is 0 Å². The van der Waals surface area contributed by atoms with Gasteiger partial charge in [0.15, 0.2) is 0 Å². The van der Waals surface area contributed by atoms with Crippen LogP contribution in [0.2, 0.25) is 0 Å². The van der Waals surface area contributed by atoms with Crippen molar-refractivity contribution < 1.29 is 9.90 Å². The monoisotopic (exact) mass is 277 g/mol. The first-order chi connectivity index (χ1) is 9.71. The fourth-order valence-corrected chi connectivity index (χ4v) is 2.45. The minimum atomic E-state index is 0.00736. The molecule has 1 aromatic rings. The third kappa shape index (κ3) is 4.30. The first kappa shape index (κ1) is 15.0. The summed E-state index contributed by atoms with van der Waals surface area (Å²) in [5.74, 6) is 0.408. The Kier molecular flexibility index (Phi) is 5.52. The van der Waals surface area contributed by atoms with Crippen LogP contribution >= 0.6 is 0 Å². The van der Waals surface area contributed by atoms with Gasteiger partial charge in [-0.15, -0.1) is 0 Å². The number of nitrogens with one attached hydrogen (secondary N) is 1. The topological polar surface area (TPSA) is 78.6 Å². The number of piperidine rings is 1. The number of carbonyl (C=O) groups is 1. The molecule has 0 spiro atoms. The molecule has 20 heavy (non-hydrogen) atoms. The van der Waals surface area contributed by atoms with Gasteiger partial charge in [-0.3, -0.25) is 9.69 Å². The highest BCUT2D eigenvalue weighted by atomic mass is 16.3. The van der Waals surface area contributed by atoms with Gasteiger partial charge in [-0.1, -0.05) is 12.1 Å². The first-order valence-electron chi connectivity index (χ1n) is 7.13. The van der Waals surface area contributed by atoms with E-state index in [1.54, 1.807) is 0 Å². The highest BCUT2D eigenvalue weighted by Gasteiger charge is 2.20. The van der Waals surface area contributed by atoms with Crippen molar-refractivity contribution >= 4 is 11.6 Å². The summed E-state index contributed by atoms with van der Waals surface area (Å²) in [6.45, 7) is 2.94. The minimum absolute atomic E-state index is 0.00736. The van der Waals surface area contributed by atoms with E-state index in [1.165, 1.54) is 0 Å². The summed E-state index contributed by atoms with van der Waals surface area (Å²) in [4.78, 5) is 14.1. The van der Waals surface area contributed by atoms with Crippen LogP contribution in [0.1, 0.15) is 18.4 Å². The van der Waals surface area contributed by atoms with Gasteiger partial charge >= 0.3 is 0 Å². The number of hydrogen-bond donors (Lipinski definition) is 3. The van der Waals surface area contributed by atoms with Crippen molar-refractivity contribution in [2.24, 2.45) is 11.7 Å². The van der Waals surface area contributed by atoms with E-state index in [0.29, 0.717) is 19.0 Å². The van der Waals surface area contributed by atoms with Gasteiger partial charge in [0.2, 0.25) is 5.91 Å². The molecule has 5 heteroatoms. The quantitative estimate of drug-likeness (QED) is 0.743. The van der Waals surface area contributed by atoms with Crippen molar-refractivity contribution in [1.29, 1.82) is 0 Å². The second kappa shape index (κ2) is 7.38. The zero-order chi connectivity index (χ0) is 14.4. The van der Waals surface area contributed by atoms with Gasteiger partial charge in [0.25, 0.3) is 0 Å². The standard InChI is InChI=1S/C15H23N3O2/c16-9-12-1-3-14(4-2-12)17-15(20)10-18-7-5-13(11-19)6-8-18/h1-4,13,19H,5-11,16H2,(H,17,20). The lowest BCUT2D eigenvalue weighted by molar-refractivity contribution is -0.117. The number of anilines is 1. The summed E-state index contributed by atoms with van der Waals surface area (Å²) >= 11 is 0. The van der Waals surface area contributed by atoms with E-state index in [0.717, 1.165) is 37.2 Å². The Morgan fingerprint density at radius 3 is 2.50 bits per heavy atom. The number of aliphatic hydroxyl groups excluding tert-OH is 1. The van der Waals surface area contributed by atoms with Crippen LogP contribution < -0.4 is 11.1 Å². The van der Waals surface area contributed by atoms with Crippen LogP contribution in [0.5, 0.6) is 0 Å². The maximum absolute atomic E-state index is 12.0. The average molecular weight is 277 g/mol. The number of amides is 1. The van der Waals surface area contributed by atoms with Crippen molar-refractivity contribution in [1.82, 2.24) is 4.90 Å². The molecule has 0 unspecified atom stereocenters. The third-order valence-corrected chi connectivity index (χ3v) is 3.81. The zero-order valence-electron chi connectivity index (χ0n) is 11.7. The van der Waals surface area contributed by atoms with Crippen LogP contribution in [-0.4, -0.2) is 42.2 Å². The summed E-state index contributed by atoms with van der Waals surface area (Å²) in [7, 11) is 0. The van der Waals surface area contributed by atoms with Gasteiger partial charge in [0.05, 0.1) is 6.54 Å². The molecule has 1 aliphatic heterocycles. The fraction of sp³-hybridized carbons (Fsp3) is 0.533. The van der Waals surface area contributed by atoms with Crippen molar-refractivity contribution in [2.45, 2.75) is 19.4 Å². The number of aliphatic hydroxyl groups is 1. The zero-order valence-corrected chi connectivity index (χ0v) is 11.7. The van der Waals surface area contributed by atoms with Gasteiger partial charge in [-0.05, 0) is 49.5 Å². The lowest BCUT2D eigenvalue weighted by Crippen LogP contribution is -2.39. The molecule has 0 aromatic heterocycles. The molecule has 1 saturated heterocycles. The molecular formula is C15H23N3O2. The van der Waals surface area contributed by atoms with E-state index >= 15 is 0 Å². The second-order valence-electron chi connectivity index (χ2n) is 5.35. The second-order valence-corrected chi connectivity index (χ2v) is 5.35. The molecule has 0 saturated carbocycles. The van der Waals surface area contributed by atoms with Gasteiger partial charge < -0.3 is 16.2 Å². The van der Waals surface area contributed by atoms with Crippen molar-refractivity contribution in [3.63, 3.8) is 0 Å². The summed E-state index contributed by atoms with van der Waals surface area (Å²) < 4.78 is 0. The highest BCUT2D eigenvalue weighted by Crippen LogP contribution is 2.16. The number of nitrogens with two attached hydrogens (primary N) is 1. The number of benzene rings is 1. The number of carbonyl (C=O) groups excluding carboxylic acids is 1. The Bertz CT molecular complexity index is 425. The molecule has 0 bridgehead atoms. The Morgan fingerprint density at radius 2 is 1.95 bits per heavy atom. The molecule has 1 amide bonds. The Labute approximate surface area is 119 Å². The maximum atomic E-state index is 12.0. The molecule has 1 aromatic carbocycles. The van der Waals surface area contributed by atoms with Crippen LogP contribution in [-0.2, 0) is 11.3 Å². The summed E-state index contributed by atoms with van der Waals surface area (Å²) in [6, 6.07) is 7.58. The molecule has 2 rings (SSSR count). The van der Waals surface area contributed by atoms with Gasteiger partial charge in [0, 0.05) is 18.8 Å². The van der Waals surface area contributed by atoms with Gasteiger partial charge in [-0.25, -0.2) is 0 Å². The molecule has 0 radical (unpaired) electrons. The molecule has 1 heterocycles. The molecule has 1 fully saturated rings. The molecule has 0 atom stereocenters. The maximum Gasteiger partial charge on any atom is 0.238 e. The lowest BCUT2D eigenvalue weighted by Gasteiger charge is -2.30. The summed E-state index contributed by atoms with van der Waals surface area (Å²) in [5.41, 5.74) is 7.39. The van der Waals surface area contributed by atoms with E-state index in [4.69, 9.17) is 10.8 Å². The van der Waals surface area contributed by atoms with Crippen molar-refractivity contribution in [3.05, 3.63) is 29.8 Å². The fourth-order valence-electron chi connectivity index (χ4n) is 2.45. The smallest absolute Gasteiger partial charge is 0.238 e. The van der Waals surface area contributed by atoms with Crippen molar-refractivity contribution in [3.8, 4) is 0 Å². The first-order valence-corrected chi connectivity index (χ1v) is 7.13. The number of likely N-dealkylation sites (tertiary alicyclic amines) is 1. The van der Waals surface area contributed by atoms with Crippen LogP contribution in [0.25, 0.3) is 0 Å². The predicted octanol–water partition coefficient (Wildman–Crippen LogP) is 0.788. The number of nitrogens with zero attached hydrogens (tertiary/aromatic N) is 1. The average Bonchev–Trinajstić information content (AvgIpc) is 2.49. The summed E-state index contributed by atoms with van der Waals surface area (Å²) in [6.07, 6.45) is 1.93. The number of hydrogen-bond acceptors (Lipinski definition) is 4. The van der Waals surface area contributed by atoms with Crippen LogP contribution in [0.4, 0.5) is 5.69 Å². The van der Waals surface area contributed by atoms with Crippen LogP contribution in [0, 0.1) is 5.92 Å². The van der Waals surface area contributed by atoms with E-state index in [9.17, 15) is 4.79 Å². The molecular weight excluding hydrogens is 254 g/mol. The predicted molar refractivity (Wildman–Crippen MR) is 79.2 cm³/mol. The summed E-state index contributed by atoms with van der Waals surface area (Å²) in [5, 5.41) is 12.0. The highest BCUT2D eigenvalue weighted by molar-refractivity contribution is 5.92. The number of rotatable bonds is 5. The molecule has 0 aliphatic carbocycles. The largest absolute Gasteiger partial charge is 0.396 e. The van der Waals surface area contributed by atoms with E-state index in [1.807, 2.05) is 24.3 Å². The van der Waals surface area contributed by atoms with Crippen LogP contribution in [0.15, 0.2) is 24.3 Å². The van der Waals surface area contributed by atoms with Crippen molar-refractivity contribution in [2.75, 3.05) is 31.6 Å². The normalized spacial score (nSPS) is 17.1. The lowest BCUT2D eigenvalue weighted by atomic mass is 9.98. The van der Waals surface area contributed by atoms with Gasteiger partial charge in [0.1, 0.15) is 0 Å². The SMILES string of the molecule is NCc1ccc(NC(=O)CN2CCC(CO)CC2)cc1. The van der Waals surface area contributed by atoms with E-state index in [-0.39, 0.29) is 12.5 Å². The Morgan fingerprint density at radius 1 is 1.30 bits per heavy atom. The third-order valence-electron chi connectivity index (χ3n) is 3.81. The molecule has 1 aliphatic rings. The van der Waals surface area contributed by atoms with E-state index in [2.05, 4.69) is 10.2 Å². The Balaban J connectivity index is 1.77. The molecule has 110 valence electrons. The Hall–Kier alpha value is -1.43. The van der Waals surface area contributed by atoms with Crippen LogP contribution in [0.3, 0.4) is 0 Å². The van der Waals surface area contributed by atoms with Gasteiger partial charge in [-0.2, -0.15) is 0 Å². The molecule has 5 nitrogen and oxygen atoms in total.